The average Bonchev–Trinajstić information content (AvgIpc) is 3.36. The molecule has 2 aromatic heterocycles. The number of benzene rings is 3. The number of amides is 1. The minimum atomic E-state index is -0.369. The van der Waals surface area contributed by atoms with E-state index in [1.807, 2.05) is 54.7 Å². The first-order chi connectivity index (χ1) is 15.5. The lowest BCUT2D eigenvalue weighted by Gasteiger charge is -2.19. The number of H-pyrrole nitrogens is 1. The van der Waals surface area contributed by atoms with Crippen LogP contribution in [0.25, 0.3) is 21.9 Å². The van der Waals surface area contributed by atoms with E-state index in [2.05, 4.69) is 10.3 Å². The Balaban J connectivity index is 1.49. The number of hydrogen-bond donors (Lipinski definition) is 2. The number of aromatic nitrogens is 1. The van der Waals surface area contributed by atoms with Crippen molar-refractivity contribution in [1.82, 2.24) is 10.3 Å². The molecule has 0 saturated carbocycles. The molecule has 160 valence electrons. The van der Waals surface area contributed by atoms with E-state index < -0.39 is 0 Å². The molecule has 0 unspecified atom stereocenters. The molecule has 0 fully saturated rings. The molecule has 1 amide bonds. The van der Waals surface area contributed by atoms with Crippen LogP contribution in [-0.4, -0.2) is 17.4 Å². The summed E-state index contributed by atoms with van der Waals surface area (Å²) in [6.07, 6.45) is 1.96. The van der Waals surface area contributed by atoms with Crippen molar-refractivity contribution in [2.24, 2.45) is 0 Å². The van der Waals surface area contributed by atoms with E-state index in [0.29, 0.717) is 28.1 Å². The van der Waals surface area contributed by atoms with E-state index in [9.17, 15) is 9.18 Å². The third kappa shape index (κ3) is 3.55. The minimum absolute atomic E-state index is 0.175. The van der Waals surface area contributed by atoms with Gasteiger partial charge in [-0.1, -0.05) is 48.0 Å². The summed E-state index contributed by atoms with van der Waals surface area (Å²) in [5.41, 5.74) is 4.06. The summed E-state index contributed by atoms with van der Waals surface area (Å²) >= 11 is 6.54. The number of hydrogen-bond acceptors (Lipinski definition) is 2. The lowest BCUT2D eigenvalue weighted by Crippen LogP contribution is -2.29. The molecule has 0 aliphatic rings. The Morgan fingerprint density at radius 2 is 1.84 bits per heavy atom. The summed E-state index contributed by atoms with van der Waals surface area (Å²) in [7, 11) is 0. The summed E-state index contributed by atoms with van der Waals surface area (Å²) in [6, 6.07) is 19.9. The van der Waals surface area contributed by atoms with Gasteiger partial charge in [0.05, 0.1) is 0 Å². The van der Waals surface area contributed by atoms with E-state index in [0.717, 1.165) is 22.0 Å². The average molecular weight is 447 g/mol. The number of nitrogens with one attached hydrogen (secondary N) is 2. The van der Waals surface area contributed by atoms with Crippen LogP contribution in [0.5, 0.6) is 0 Å². The molecule has 2 N–H and O–H groups in total. The highest BCUT2D eigenvalue weighted by Gasteiger charge is 2.23. The van der Waals surface area contributed by atoms with E-state index in [1.54, 1.807) is 6.92 Å². The van der Waals surface area contributed by atoms with E-state index in [1.165, 1.54) is 18.2 Å². The van der Waals surface area contributed by atoms with Crippen LogP contribution in [0.1, 0.15) is 33.2 Å². The number of para-hydroxylation sites is 1. The molecule has 5 rings (SSSR count). The van der Waals surface area contributed by atoms with Gasteiger partial charge in [-0.3, -0.25) is 4.79 Å². The van der Waals surface area contributed by atoms with Crippen molar-refractivity contribution in [3.63, 3.8) is 0 Å². The molecule has 0 saturated heterocycles. The molecule has 4 nitrogen and oxygen atoms in total. The number of furan rings is 1. The maximum atomic E-state index is 13.6. The van der Waals surface area contributed by atoms with Gasteiger partial charge in [-0.25, -0.2) is 4.39 Å². The van der Waals surface area contributed by atoms with Crippen molar-refractivity contribution < 1.29 is 13.6 Å². The Kier molecular flexibility index (Phi) is 5.19. The molecule has 32 heavy (non-hydrogen) atoms. The van der Waals surface area contributed by atoms with Crippen LogP contribution in [0.4, 0.5) is 4.39 Å². The summed E-state index contributed by atoms with van der Waals surface area (Å²) in [5.74, 6) is -0.712. The Bertz CT molecular complexity index is 1450. The molecule has 1 atom stereocenters. The molecular weight excluding hydrogens is 427 g/mol. The van der Waals surface area contributed by atoms with Gasteiger partial charge >= 0.3 is 0 Å². The topological polar surface area (TPSA) is 58.0 Å². The van der Waals surface area contributed by atoms with Gasteiger partial charge in [0.25, 0.3) is 5.91 Å². The zero-order valence-electron chi connectivity index (χ0n) is 17.3. The number of rotatable bonds is 5. The van der Waals surface area contributed by atoms with E-state index in [-0.39, 0.29) is 23.4 Å². The van der Waals surface area contributed by atoms with Gasteiger partial charge in [0.15, 0.2) is 5.76 Å². The molecule has 5 aromatic rings. The quantitative estimate of drug-likeness (QED) is 0.320. The highest BCUT2D eigenvalue weighted by Crippen LogP contribution is 2.34. The number of carbonyl (C=O) groups excluding carboxylic acids is 1. The zero-order valence-corrected chi connectivity index (χ0v) is 18.0. The molecule has 0 spiro atoms. The predicted molar refractivity (Wildman–Crippen MR) is 125 cm³/mol. The first-order valence-corrected chi connectivity index (χ1v) is 10.7. The molecule has 0 bridgehead atoms. The minimum Gasteiger partial charge on any atom is -0.451 e. The maximum Gasteiger partial charge on any atom is 0.287 e. The predicted octanol–water partition coefficient (Wildman–Crippen LogP) is 6.58. The second-order valence-electron chi connectivity index (χ2n) is 7.77. The van der Waals surface area contributed by atoms with Crippen LogP contribution in [0.3, 0.4) is 0 Å². The number of aromatic amines is 1. The second kappa shape index (κ2) is 8.17. The Morgan fingerprint density at radius 1 is 1.06 bits per heavy atom. The third-order valence-electron chi connectivity index (χ3n) is 5.85. The summed E-state index contributed by atoms with van der Waals surface area (Å²) in [5, 5.41) is 5.29. The first-order valence-electron chi connectivity index (χ1n) is 10.3. The molecular formula is C26H20ClFN2O2. The fourth-order valence-corrected chi connectivity index (χ4v) is 4.48. The van der Waals surface area contributed by atoms with Crippen LogP contribution >= 0.6 is 11.6 Å². The molecule has 3 aromatic carbocycles. The number of aryl methyl sites for hydroxylation is 1. The molecule has 0 aliphatic carbocycles. The Morgan fingerprint density at radius 3 is 2.69 bits per heavy atom. The molecule has 0 aliphatic heterocycles. The molecule has 6 heteroatoms. The summed E-state index contributed by atoms with van der Waals surface area (Å²) in [6.45, 7) is 2.07. The van der Waals surface area contributed by atoms with Crippen LogP contribution in [0, 0.1) is 12.7 Å². The van der Waals surface area contributed by atoms with Gasteiger partial charge < -0.3 is 14.7 Å². The summed E-state index contributed by atoms with van der Waals surface area (Å²) < 4.78 is 19.4. The van der Waals surface area contributed by atoms with Crippen molar-refractivity contribution in [1.29, 1.82) is 0 Å². The van der Waals surface area contributed by atoms with Crippen LogP contribution in [0.15, 0.2) is 77.3 Å². The monoisotopic (exact) mass is 446 g/mol. The second-order valence-corrected chi connectivity index (χ2v) is 8.18. The van der Waals surface area contributed by atoms with Crippen molar-refractivity contribution in [3.8, 4) is 0 Å². The molecule has 2 heterocycles. The standard InChI is InChI=1S/C26H20ClFN2O2/c1-15-19-12-16(28)10-11-24(19)32-25(15)26(31)30-14-20(17-6-2-4-8-22(17)27)21-13-29-23-9-5-3-7-18(21)23/h2-13,20,29H,14H2,1H3,(H,30,31)/t20-/m0/s1. The zero-order chi connectivity index (χ0) is 22.2. The van der Waals surface area contributed by atoms with E-state index in [4.69, 9.17) is 16.0 Å². The lowest BCUT2D eigenvalue weighted by molar-refractivity contribution is 0.0926. The van der Waals surface area contributed by atoms with Crippen LogP contribution < -0.4 is 5.32 Å². The fourth-order valence-electron chi connectivity index (χ4n) is 4.21. The molecule has 0 radical (unpaired) electrons. The Labute approximate surface area is 189 Å². The fraction of sp³-hybridized carbons (Fsp3) is 0.115. The highest BCUT2D eigenvalue weighted by molar-refractivity contribution is 6.31. The third-order valence-corrected chi connectivity index (χ3v) is 6.19. The van der Waals surface area contributed by atoms with Gasteiger partial charge in [0, 0.05) is 45.5 Å². The van der Waals surface area contributed by atoms with Gasteiger partial charge in [-0.05, 0) is 48.4 Å². The largest absolute Gasteiger partial charge is 0.451 e. The van der Waals surface area contributed by atoms with Crippen molar-refractivity contribution >= 4 is 39.4 Å². The van der Waals surface area contributed by atoms with Gasteiger partial charge in [0.1, 0.15) is 11.4 Å². The smallest absolute Gasteiger partial charge is 0.287 e. The lowest BCUT2D eigenvalue weighted by atomic mass is 9.90. The number of carbonyl (C=O) groups is 1. The van der Waals surface area contributed by atoms with Gasteiger partial charge in [-0.2, -0.15) is 0 Å². The highest BCUT2D eigenvalue weighted by atomic mass is 35.5. The Hall–Kier alpha value is -3.57. The van der Waals surface area contributed by atoms with Crippen LogP contribution in [0.2, 0.25) is 5.02 Å². The van der Waals surface area contributed by atoms with Crippen molar-refractivity contribution in [2.75, 3.05) is 6.54 Å². The van der Waals surface area contributed by atoms with Crippen molar-refractivity contribution in [2.45, 2.75) is 12.8 Å². The van der Waals surface area contributed by atoms with Crippen LogP contribution in [-0.2, 0) is 0 Å². The van der Waals surface area contributed by atoms with E-state index >= 15 is 0 Å². The SMILES string of the molecule is Cc1c(C(=O)NC[C@@H](c2ccccc2Cl)c2c[nH]c3ccccc23)oc2ccc(F)cc12. The summed E-state index contributed by atoms with van der Waals surface area (Å²) in [4.78, 5) is 16.3. The number of halogens is 2. The maximum absolute atomic E-state index is 13.6. The van der Waals surface area contributed by atoms with Gasteiger partial charge in [0.2, 0.25) is 0 Å². The first kappa shape index (κ1) is 20.3. The number of fused-ring (bicyclic) bond motifs is 2. The normalized spacial score (nSPS) is 12.3. The van der Waals surface area contributed by atoms with Gasteiger partial charge in [-0.15, -0.1) is 0 Å². The van der Waals surface area contributed by atoms with Crippen molar-refractivity contribution in [3.05, 3.63) is 106 Å².